The van der Waals surface area contributed by atoms with Crippen LogP contribution in [0.2, 0.25) is 0 Å². The summed E-state index contributed by atoms with van der Waals surface area (Å²) in [5.41, 5.74) is 0.243. The van der Waals surface area contributed by atoms with Crippen molar-refractivity contribution in [3.05, 3.63) is 23.8 Å². The molecule has 1 aromatic carbocycles. The maximum absolute atomic E-state index is 12.4. The van der Waals surface area contributed by atoms with Crippen molar-refractivity contribution in [3.8, 4) is 0 Å². The van der Waals surface area contributed by atoms with Crippen molar-refractivity contribution in [2.24, 2.45) is 0 Å². The molecule has 0 amide bonds. The van der Waals surface area contributed by atoms with Crippen molar-refractivity contribution in [1.82, 2.24) is 9.44 Å². The van der Waals surface area contributed by atoms with E-state index in [1.54, 1.807) is 0 Å². The van der Waals surface area contributed by atoms with Crippen molar-refractivity contribution in [2.45, 2.75) is 48.9 Å². The number of hydrogen-bond acceptors (Lipinski definition) is 5. The van der Waals surface area contributed by atoms with Crippen molar-refractivity contribution in [1.29, 1.82) is 0 Å². The van der Waals surface area contributed by atoms with Crippen LogP contribution >= 0.6 is 0 Å². The Hall–Kier alpha value is -1.49. The van der Waals surface area contributed by atoms with E-state index in [1.165, 1.54) is 26.1 Å². The zero-order valence-corrected chi connectivity index (χ0v) is 15.4. The van der Waals surface area contributed by atoms with E-state index in [0.717, 1.165) is 12.5 Å². The highest BCUT2D eigenvalue weighted by molar-refractivity contribution is 7.90. The molecule has 0 saturated heterocycles. The van der Waals surface area contributed by atoms with Gasteiger partial charge in [-0.25, -0.2) is 21.6 Å². The molecule has 0 bridgehead atoms. The molecule has 8 nitrogen and oxygen atoms in total. The van der Waals surface area contributed by atoms with Gasteiger partial charge in [0.2, 0.25) is 20.0 Å². The Bertz CT molecular complexity index is 803. The number of sulfonamides is 2. The SMILES string of the molecule is CCCC[C@H](NS(=O)(=O)c1ccc(S(=O)(=O)NC)c(C)c1)C(=O)O. The average molecular weight is 378 g/mol. The first-order valence-corrected chi connectivity index (χ1v) is 10.3. The molecule has 3 N–H and O–H groups in total. The topological polar surface area (TPSA) is 130 Å². The third-order valence-corrected chi connectivity index (χ3v) is 6.50. The summed E-state index contributed by atoms with van der Waals surface area (Å²) in [4.78, 5) is 11.0. The Kier molecular flexibility index (Phi) is 6.90. The van der Waals surface area contributed by atoms with Crippen molar-refractivity contribution in [2.75, 3.05) is 7.05 Å². The van der Waals surface area contributed by atoms with Gasteiger partial charge in [0.25, 0.3) is 0 Å². The Morgan fingerprint density at radius 1 is 1.21 bits per heavy atom. The quantitative estimate of drug-likeness (QED) is 0.583. The first-order chi connectivity index (χ1) is 11.0. The molecule has 1 rings (SSSR count). The highest BCUT2D eigenvalue weighted by atomic mass is 32.2. The predicted molar refractivity (Wildman–Crippen MR) is 88.7 cm³/mol. The van der Waals surface area contributed by atoms with E-state index >= 15 is 0 Å². The van der Waals surface area contributed by atoms with E-state index in [0.29, 0.717) is 6.42 Å². The number of carbonyl (C=O) groups is 1. The summed E-state index contributed by atoms with van der Waals surface area (Å²) < 4.78 is 52.6. The fourth-order valence-corrected chi connectivity index (χ4v) is 4.36. The number of aryl methyl sites for hydroxylation is 1. The Morgan fingerprint density at radius 3 is 2.29 bits per heavy atom. The molecule has 0 heterocycles. The summed E-state index contributed by atoms with van der Waals surface area (Å²) in [5.74, 6) is -1.25. The highest BCUT2D eigenvalue weighted by Crippen LogP contribution is 2.20. The summed E-state index contributed by atoms with van der Waals surface area (Å²) in [7, 11) is -6.52. The number of unbranched alkanes of at least 4 members (excludes halogenated alkanes) is 1. The minimum Gasteiger partial charge on any atom is -0.480 e. The lowest BCUT2D eigenvalue weighted by molar-refractivity contribution is -0.139. The van der Waals surface area contributed by atoms with E-state index in [1.807, 2.05) is 6.92 Å². The lowest BCUT2D eigenvalue weighted by Crippen LogP contribution is -2.40. The van der Waals surface area contributed by atoms with Gasteiger partial charge in [0, 0.05) is 0 Å². The van der Waals surface area contributed by atoms with Gasteiger partial charge >= 0.3 is 5.97 Å². The van der Waals surface area contributed by atoms with E-state index in [9.17, 15) is 21.6 Å². The number of carboxylic acid groups (broad SMARTS) is 1. The molecule has 10 heteroatoms. The van der Waals surface area contributed by atoms with Crippen LogP contribution in [-0.2, 0) is 24.8 Å². The lowest BCUT2D eigenvalue weighted by atomic mass is 10.1. The number of aliphatic carboxylic acids is 1. The van der Waals surface area contributed by atoms with Crippen LogP contribution in [0.3, 0.4) is 0 Å². The van der Waals surface area contributed by atoms with E-state index in [2.05, 4.69) is 9.44 Å². The largest absolute Gasteiger partial charge is 0.480 e. The average Bonchev–Trinajstić information content (AvgIpc) is 2.50. The zero-order chi connectivity index (χ0) is 18.5. The standard InChI is InChI=1S/C14H22N2O6S2/c1-4-5-6-12(14(17)18)16-23(19,20)11-7-8-13(10(2)9-11)24(21,22)15-3/h7-9,12,15-16H,4-6H2,1-3H3,(H,17,18)/t12-/m0/s1. The molecule has 0 aromatic heterocycles. The van der Waals surface area contributed by atoms with E-state index < -0.39 is 32.1 Å². The number of rotatable bonds is 9. The van der Waals surface area contributed by atoms with Crippen molar-refractivity contribution < 1.29 is 26.7 Å². The van der Waals surface area contributed by atoms with E-state index in [-0.39, 0.29) is 21.8 Å². The van der Waals surface area contributed by atoms with Crippen molar-refractivity contribution in [3.63, 3.8) is 0 Å². The molecule has 0 fully saturated rings. The van der Waals surface area contributed by atoms with Gasteiger partial charge in [0.1, 0.15) is 6.04 Å². The van der Waals surface area contributed by atoms with Gasteiger partial charge in [0.05, 0.1) is 9.79 Å². The molecule has 0 spiro atoms. The van der Waals surface area contributed by atoms with E-state index in [4.69, 9.17) is 5.11 Å². The van der Waals surface area contributed by atoms with Gasteiger partial charge in [0.15, 0.2) is 0 Å². The zero-order valence-electron chi connectivity index (χ0n) is 13.7. The molecule has 0 saturated carbocycles. The second-order valence-corrected chi connectivity index (χ2v) is 8.86. The van der Waals surface area contributed by atoms with Gasteiger partial charge in [-0.2, -0.15) is 4.72 Å². The summed E-state index contributed by atoms with van der Waals surface area (Å²) in [6.45, 7) is 3.34. The second kappa shape index (κ2) is 8.06. The third-order valence-electron chi connectivity index (χ3n) is 3.46. The molecule has 0 radical (unpaired) electrons. The van der Waals surface area contributed by atoms with Crippen LogP contribution in [0.1, 0.15) is 31.7 Å². The Labute approximate surface area is 142 Å². The maximum Gasteiger partial charge on any atom is 0.321 e. The first-order valence-electron chi connectivity index (χ1n) is 7.34. The monoisotopic (exact) mass is 378 g/mol. The summed E-state index contributed by atoms with van der Waals surface area (Å²) >= 11 is 0. The fraction of sp³-hybridized carbons (Fsp3) is 0.500. The molecule has 1 atom stereocenters. The Morgan fingerprint density at radius 2 is 1.83 bits per heavy atom. The lowest BCUT2D eigenvalue weighted by Gasteiger charge is -2.15. The summed E-state index contributed by atoms with van der Waals surface area (Å²) in [6, 6.07) is 2.29. The molecule has 0 aliphatic carbocycles. The third kappa shape index (κ3) is 5.00. The Balaban J connectivity index is 3.15. The maximum atomic E-state index is 12.4. The van der Waals surface area contributed by atoms with Crippen LogP contribution < -0.4 is 9.44 Å². The van der Waals surface area contributed by atoms with Crippen LogP contribution in [0.5, 0.6) is 0 Å². The summed E-state index contributed by atoms with van der Waals surface area (Å²) in [5, 5.41) is 9.13. The van der Waals surface area contributed by atoms with Gasteiger partial charge < -0.3 is 5.11 Å². The van der Waals surface area contributed by atoms with Crippen molar-refractivity contribution >= 4 is 26.0 Å². The van der Waals surface area contributed by atoms with Gasteiger partial charge in [-0.15, -0.1) is 0 Å². The highest BCUT2D eigenvalue weighted by Gasteiger charge is 2.26. The van der Waals surface area contributed by atoms with Gasteiger partial charge in [-0.1, -0.05) is 19.8 Å². The number of benzene rings is 1. The molecule has 0 aliphatic rings. The molecular formula is C14H22N2O6S2. The molecule has 136 valence electrons. The van der Waals surface area contributed by atoms with Crippen LogP contribution in [0.15, 0.2) is 28.0 Å². The molecule has 0 aliphatic heterocycles. The normalized spacial score (nSPS) is 13.6. The molecule has 1 aromatic rings. The van der Waals surface area contributed by atoms with Crippen LogP contribution in [-0.4, -0.2) is 41.0 Å². The van der Waals surface area contributed by atoms with Gasteiger partial charge in [-0.05, 0) is 44.2 Å². The molecule has 24 heavy (non-hydrogen) atoms. The van der Waals surface area contributed by atoms with Crippen LogP contribution in [0, 0.1) is 6.92 Å². The predicted octanol–water partition coefficient (Wildman–Crippen LogP) is 0.825. The van der Waals surface area contributed by atoms with Crippen LogP contribution in [0.4, 0.5) is 0 Å². The fourth-order valence-electron chi connectivity index (χ4n) is 2.10. The first kappa shape index (κ1) is 20.6. The number of hydrogen-bond donors (Lipinski definition) is 3. The molecular weight excluding hydrogens is 356 g/mol. The number of carboxylic acids is 1. The summed E-state index contributed by atoms with van der Waals surface area (Å²) in [6.07, 6.45) is 1.48. The van der Waals surface area contributed by atoms with Gasteiger partial charge in [-0.3, -0.25) is 4.79 Å². The minimum atomic E-state index is -4.07. The van der Waals surface area contributed by atoms with Crippen LogP contribution in [0.25, 0.3) is 0 Å². The molecule has 0 unspecified atom stereocenters. The smallest absolute Gasteiger partial charge is 0.321 e. The second-order valence-electron chi connectivity index (χ2n) is 5.29. The minimum absolute atomic E-state index is 0.0373. The number of nitrogens with one attached hydrogen (secondary N) is 2.